The van der Waals surface area contributed by atoms with Crippen LogP contribution in [0.4, 0.5) is 5.69 Å². The first-order valence-corrected chi connectivity index (χ1v) is 7.26. The van der Waals surface area contributed by atoms with E-state index in [9.17, 15) is 20.0 Å². The van der Waals surface area contributed by atoms with Gasteiger partial charge in [0.15, 0.2) is 0 Å². The Bertz CT molecular complexity index is 518. The normalized spacial score (nSPS) is 19.1. The molecule has 1 saturated heterocycles. The first-order valence-electron chi connectivity index (χ1n) is 7.26. The highest BCUT2D eigenvalue weighted by atomic mass is 16.6. The molecule has 1 N–H and O–H groups in total. The molecule has 1 aromatic carbocycles. The minimum absolute atomic E-state index is 0.00759. The van der Waals surface area contributed by atoms with Gasteiger partial charge < -0.3 is 10.0 Å². The highest BCUT2D eigenvalue weighted by Crippen LogP contribution is 2.21. The van der Waals surface area contributed by atoms with Crippen LogP contribution in [-0.4, -0.2) is 40.0 Å². The highest BCUT2D eigenvalue weighted by molar-refractivity contribution is 5.80. The standard InChI is InChI=1S/C15H20N2O4/c18-11-13-7-2-1-5-9-16(13)15(19)10-12-6-3-4-8-14(12)17(20)21/h3-4,6,8,13,18H,1-2,5,7,9-11H2. The Morgan fingerprint density at radius 2 is 2.10 bits per heavy atom. The fraction of sp³-hybridized carbons (Fsp3) is 0.533. The van der Waals surface area contributed by atoms with Gasteiger partial charge in [0.25, 0.3) is 5.69 Å². The summed E-state index contributed by atoms with van der Waals surface area (Å²) in [5.74, 6) is -0.148. The van der Waals surface area contributed by atoms with E-state index >= 15 is 0 Å². The van der Waals surface area contributed by atoms with Gasteiger partial charge in [0.2, 0.25) is 5.91 Å². The molecule has 6 heteroatoms. The quantitative estimate of drug-likeness (QED) is 0.678. The van der Waals surface area contributed by atoms with Crippen molar-refractivity contribution in [2.45, 2.75) is 38.1 Å². The van der Waals surface area contributed by atoms with Crippen molar-refractivity contribution in [3.63, 3.8) is 0 Å². The second-order valence-corrected chi connectivity index (χ2v) is 5.34. The monoisotopic (exact) mass is 292 g/mol. The van der Waals surface area contributed by atoms with Crippen LogP contribution in [0, 0.1) is 10.1 Å². The second kappa shape index (κ2) is 7.17. The Kier molecular flexibility index (Phi) is 5.27. The molecule has 1 heterocycles. The zero-order valence-corrected chi connectivity index (χ0v) is 11.9. The van der Waals surface area contributed by atoms with E-state index in [2.05, 4.69) is 0 Å². The van der Waals surface area contributed by atoms with Crippen LogP contribution < -0.4 is 0 Å². The smallest absolute Gasteiger partial charge is 0.273 e. The summed E-state index contributed by atoms with van der Waals surface area (Å²) in [7, 11) is 0. The van der Waals surface area contributed by atoms with Gasteiger partial charge in [-0.3, -0.25) is 14.9 Å². The van der Waals surface area contributed by atoms with E-state index in [1.54, 1.807) is 23.1 Å². The molecule has 0 aromatic heterocycles. The van der Waals surface area contributed by atoms with E-state index < -0.39 is 4.92 Å². The Morgan fingerprint density at radius 3 is 2.81 bits per heavy atom. The minimum atomic E-state index is -0.464. The van der Waals surface area contributed by atoms with Gasteiger partial charge in [0, 0.05) is 18.2 Å². The molecule has 0 radical (unpaired) electrons. The number of hydrogen-bond donors (Lipinski definition) is 1. The van der Waals surface area contributed by atoms with Gasteiger partial charge in [-0.15, -0.1) is 0 Å². The number of aliphatic hydroxyl groups is 1. The summed E-state index contributed by atoms with van der Waals surface area (Å²) in [6.07, 6.45) is 3.76. The summed E-state index contributed by atoms with van der Waals surface area (Å²) in [5.41, 5.74) is 0.398. The molecule has 1 aromatic rings. The van der Waals surface area contributed by atoms with E-state index in [1.165, 1.54) is 6.07 Å². The molecule has 0 saturated carbocycles. The van der Waals surface area contributed by atoms with Gasteiger partial charge in [-0.2, -0.15) is 0 Å². The van der Waals surface area contributed by atoms with Crippen LogP contribution in [0.25, 0.3) is 0 Å². The molecule has 2 rings (SSSR count). The van der Waals surface area contributed by atoms with Crippen LogP contribution >= 0.6 is 0 Å². The predicted molar refractivity (Wildman–Crippen MR) is 77.9 cm³/mol. The summed E-state index contributed by atoms with van der Waals surface area (Å²) < 4.78 is 0. The van der Waals surface area contributed by atoms with Crippen LogP contribution in [0.1, 0.15) is 31.2 Å². The van der Waals surface area contributed by atoms with E-state index in [1.807, 2.05) is 0 Å². The summed E-state index contributed by atoms with van der Waals surface area (Å²) in [4.78, 5) is 24.7. The van der Waals surface area contributed by atoms with E-state index in [-0.39, 0.29) is 30.7 Å². The number of nitro groups is 1. The average molecular weight is 292 g/mol. The number of nitrogens with zero attached hydrogens (tertiary/aromatic N) is 2. The maximum atomic E-state index is 12.5. The van der Waals surface area contributed by atoms with Gasteiger partial charge in [-0.05, 0) is 12.8 Å². The van der Waals surface area contributed by atoms with Crippen molar-refractivity contribution >= 4 is 11.6 Å². The van der Waals surface area contributed by atoms with Crippen molar-refractivity contribution in [3.8, 4) is 0 Å². The van der Waals surface area contributed by atoms with Crippen LogP contribution in [0.2, 0.25) is 0 Å². The molecule has 114 valence electrons. The number of hydrogen-bond acceptors (Lipinski definition) is 4. The number of carbonyl (C=O) groups excluding carboxylic acids is 1. The molecular formula is C15H20N2O4. The lowest BCUT2D eigenvalue weighted by atomic mass is 10.1. The third-order valence-corrected chi connectivity index (χ3v) is 3.94. The molecule has 21 heavy (non-hydrogen) atoms. The third-order valence-electron chi connectivity index (χ3n) is 3.94. The molecule has 0 spiro atoms. The van der Waals surface area contributed by atoms with Crippen LogP contribution in [0.15, 0.2) is 24.3 Å². The summed E-state index contributed by atoms with van der Waals surface area (Å²) in [6, 6.07) is 6.15. The van der Waals surface area contributed by atoms with E-state index in [4.69, 9.17) is 0 Å². The molecule has 1 aliphatic heterocycles. The molecule has 1 amide bonds. The predicted octanol–water partition coefficient (Wildman–Crippen LogP) is 1.90. The molecule has 1 atom stereocenters. The Morgan fingerprint density at radius 1 is 1.33 bits per heavy atom. The fourth-order valence-electron chi connectivity index (χ4n) is 2.80. The Labute approximate surface area is 123 Å². The van der Waals surface area contributed by atoms with Gasteiger partial charge in [0.1, 0.15) is 0 Å². The first kappa shape index (κ1) is 15.4. The van der Waals surface area contributed by atoms with E-state index in [0.29, 0.717) is 12.1 Å². The lowest BCUT2D eigenvalue weighted by molar-refractivity contribution is -0.385. The summed E-state index contributed by atoms with van der Waals surface area (Å²) in [6.45, 7) is 0.563. The number of benzene rings is 1. The van der Waals surface area contributed by atoms with Gasteiger partial charge >= 0.3 is 0 Å². The average Bonchev–Trinajstić information content (AvgIpc) is 2.72. The maximum absolute atomic E-state index is 12.5. The molecule has 0 aliphatic carbocycles. The highest BCUT2D eigenvalue weighted by Gasteiger charge is 2.26. The van der Waals surface area contributed by atoms with Crippen LogP contribution in [-0.2, 0) is 11.2 Å². The molecule has 1 aliphatic rings. The third kappa shape index (κ3) is 3.78. The van der Waals surface area contributed by atoms with E-state index in [0.717, 1.165) is 25.7 Å². The molecule has 1 fully saturated rings. The topological polar surface area (TPSA) is 83.7 Å². The summed E-state index contributed by atoms with van der Waals surface area (Å²) in [5, 5.41) is 20.4. The summed E-state index contributed by atoms with van der Waals surface area (Å²) >= 11 is 0. The van der Waals surface area contributed by atoms with Crippen molar-refractivity contribution in [2.75, 3.05) is 13.2 Å². The Hall–Kier alpha value is -1.95. The largest absolute Gasteiger partial charge is 0.394 e. The lowest BCUT2D eigenvalue weighted by Crippen LogP contribution is -2.42. The molecule has 0 bridgehead atoms. The van der Waals surface area contributed by atoms with Crippen LogP contribution in [0.5, 0.6) is 0 Å². The number of para-hydroxylation sites is 1. The number of aliphatic hydroxyl groups excluding tert-OH is 1. The zero-order chi connectivity index (χ0) is 15.2. The minimum Gasteiger partial charge on any atom is -0.394 e. The van der Waals surface area contributed by atoms with Crippen LogP contribution in [0.3, 0.4) is 0 Å². The lowest BCUT2D eigenvalue weighted by Gasteiger charge is -2.28. The number of likely N-dealkylation sites (tertiary alicyclic amines) is 1. The van der Waals surface area contributed by atoms with Crippen molar-refractivity contribution in [2.24, 2.45) is 0 Å². The van der Waals surface area contributed by atoms with Gasteiger partial charge in [-0.25, -0.2) is 0 Å². The second-order valence-electron chi connectivity index (χ2n) is 5.34. The van der Waals surface area contributed by atoms with Gasteiger partial charge in [0.05, 0.1) is 24.0 Å². The fourth-order valence-corrected chi connectivity index (χ4v) is 2.80. The van der Waals surface area contributed by atoms with Gasteiger partial charge in [-0.1, -0.05) is 31.0 Å². The zero-order valence-electron chi connectivity index (χ0n) is 11.9. The molecule has 1 unspecified atom stereocenters. The number of carbonyl (C=O) groups is 1. The number of rotatable bonds is 4. The molecular weight excluding hydrogens is 272 g/mol. The SMILES string of the molecule is O=C(Cc1ccccc1[N+](=O)[O-])N1CCCCCC1CO. The first-order chi connectivity index (χ1) is 10.1. The van der Waals surface area contributed by atoms with Crippen molar-refractivity contribution in [3.05, 3.63) is 39.9 Å². The number of amides is 1. The maximum Gasteiger partial charge on any atom is 0.273 e. The number of nitro benzene ring substituents is 1. The van der Waals surface area contributed by atoms with Crippen molar-refractivity contribution in [1.82, 2.24) is 4.90 Å². The Balaban J connectivity index is 2.14. The molecule has 6 nitrogen and oxygen atoms in total. The van der Waals surface area contributed by atoms with Crippen molar-refractivity contribution < 1.29 is 14.8 Å². The van der Waals surface area contributed by atoms with Crippen molar-refractivity contribution in [1.29, 1.82) is 0 Å².